The Balaban J connectivity index is 1.47. The first-order valence-electron chi connectivity index (χ1n) is 7.76. The molecule has 5 heterocycles. The van der Waals surface area contributed by atoms with Crippen LogP contribution in [0.4, 0.5) is 11.5 Å². The Labute approximate surface area is 147 Å². The van der Waals surface area contributed by atoms with Crippen molar-refractivity contribution in [1.82, 2.24) is 30.3 Å². The molecule has 0 aliphatic carbocycles. The molecule has 0 saturated heterocycles. The van der Waals surface area contributed by atoms with Crippen LogP contribution in [0.5, 0.6) is 0 Å². The molecular formula is C16H14N8S. The number of nitrogens with zero attached hydrogens (tertiary/aromatic N) is 6. The second-order valence-corrected chi connectivity index (χ2v) is 6.79. The Hall–Kier alpha value is -3.04. The van der Waals surface area contributed by atoms with Crippen LogP contribution in [0.15, 0.2) is 42.9 Å². The first-order valence-corrected chi connectivity index (χ1v) is 8.57. The van der Waals surface area contributed by atoms with Gasteiger partial charge in [0.05, 0.1) is 24.1 Å². The molecule has 2 N–H and O–H groups in total. The van der Waals surface area contributed by atoms with Crippen molar-refractivity contribution in [3.8, 4) is 11.3 Å². The summed E-state index contributed by atoms with van der Waals surface area (Å²) in [5.74, 6) is 0.841. The van der Waals surface area contributed by atoms with Crippen LogP contribution in [0.1, 0.15) is 5.01 Å². The Morgan fingerprint density at radius 2 is 2.16 bits per heavy atom. The van der Waals surface area contributed by atoms with Gasteiger partial charge in [-0.15, -0.1) is 5.53 Å². The van der Waals surface area contributed by atoms with E-state index in [1.54, 1.807) is 22.2 Å². The molecule has 9 heteroatoms. The average molecular weight is 350 g/mol. The van der Waals surface area contributed by atoms with Crippen LogP contribution >= 0.6 is 11.3 Å². The normalized spacial score (nSPS) is 13.2. The molecule has 1 aliphatic rings. The molecule has 1 aliphatic heterocycles. The predicted molar refractivity (Wildman–Crippen MR) is 96.8 cm³/mol. The van der Waals surface area contributed by atoms with Gasteiger partial charge in [0.15, 0.2) is 5.82 Å². The lowest BCUT2D eigenvalue weighted by atomic mass is 10.2. The number of hydrogen-bond donors (Lipinski definition) is 2. The van der Waals surface area contributed by atoms with Gasteiger partial charge in [0.25, 0.3) is 0 Å². The van der Waals surface area contributed by atoms with Gasteiger partial charge >= 0.3 is 0 Å². The first kappa shape index (κ1) is 14.3. The number of anilines is 2. The molecule has 0 unspecified atom stereocenters. The summed E-state index contributed by atoms with van der Waals surface area (Å²) in [6.07, 6.45) is 5.55. The van der Waals surface area contributed by atoms with E-state index < -0.39 is 0 Å². The number of hydrogen-bond acceptors (Lipinski definition) is 8. The maximum absolute atomic E-state index is 4.78. The lowest BCUT2D eigenvalue weighted by molar-refractivity contribution is 0.715. The number of aryl methyl sites for hydroxylation is 1. The van der Waals surface area contributed by atoms with Gasteiger partial charge in [0, 0.05) is 25.0 Å². The third-order valence-corrected chi connectivity index (χ3v) is 4.92. The molecule has 0 fully saturated rings. The van der Waals surface area contributed by atoms with E-state index in [-0.39, 0.29) is 0 Å². The van der Waals surface area contributed by atoms with Crippen molar-refractivity contribution < 1.29 is 0 Å². The summed E-state index contributed by atoms with van der Waals surface area (Å²) in [4.78, 5) is 14.7. The van der Waals surface area contributed by atoms with Crippen molar-refractivity contribution in [2.75, 3.05) is 10.4 Å². The summed E-state index contributed by atoms with van der Waals surface area (Å²) in [5, 5.41) is 7.14. The molecule has 0 atom stereocenters. The SMILES string of the molecule is Cn1cc(-c2ccc3c(n2)N(Cc2nc4cccnc4s2)NN3)cn1. The van der Waals surface area contributed by atoms with Crippen molar-refractivity contribution in [1.29, 1.82) is 0 Å². The van der Waals surface area contributed by atoms with Gasteiger partial charge < -0.3 is 5.43 Å². The van der Waals surface area contributed by atoms with Crippen LogP contribution in [-0.4, -0.2) is 24.7 Å². The highest BCUT2D eigenvalue weighted by Crippen LogP contribution is 2.32. The molecule has 5 rings (SSSR count). The van der Waals surface area contributed by atoms with Crippen LogP contribution in [0.25, 0.3) is 21.6 Å². The van der Waals surface area contributed by atoms with Crippen molar-refractivity contribution in [3.63, 3.8) is 0 Å². The van der Waals surface area contributed by atoms with E-state index in [0.29, 0.717) is 6.54 Å². The zero-order chi connectivity index (χ0) is 16.8. The molecule has 0 saturated carbocycles. The van der Waals surface area contributed by atoms with Gasteiger partial charge in [-0.05, 0) is 24.3 Å². The molecule has 4 aromatic rings. The summed E-state index contributed by atoms with van der Waals surface area (Å²) in [6.45, 7) is 0.602. The van der Waals surface area contributed by atoms with E-state index in [2.05, 4.69) is 26.0 Å². The zero-order valence-corrected chi connectivity index (χ0v) is 14.2. The standard InChI is InChI=1S/C16H14N8S/c1-23-8-10(7-18-23)11-4-5-12-15(20-11)24(22-21-12)9-14-19-13-3-2-6-17-16(13)25-14/h2-8,21-22H,9H2,1H3. The number of fused-ring (bicyclic) bond motifs is 2. The molecule has 8 nitrogen and oxygen atoms in total. The Bertz CT molecular complexity index is 1040. The van der Waals surface area contributed by atoms with Gasteiger partial charge in [0.1, 0.15) is 15.4 Å². The predicted octanol–water partition coefficient (Wildman–Crippen LogP) is 2.34. The number of thiazole rings is 1. The second kappa shape index (κ2) is 5.50. The minimum absolute atomic E-state index is 0.602. The summed E-state index contributed by atoms with van der Waals surface area (Å²) in [7, 11) is 1.90. The number of hydrazine groups is 2. The minimum Gasteiger partial charge on any atom is -0.300 e. The average Bonchev–Trinajstić information content (AvgIpc) is 3.33. The highest BCUT2D eigenvalue weighted by molar-refractivity contribution is 7.18. The van der Waals surface area contributed by atoms with E-state index in [4.69, 9.17) is 4.98 Å². The minimum atomic E-state index is 0.602. The lowest BCUT2D eigenvalue weighted by Gasteiger charge is -2.15. The van der Waals surface area contributed by atoms with Gasteiger partial charge in [-0.3, -0.25) is 9.69 Å². The fourth-order valence-corrected chi connectivity index (χ4v) is 3.67. The highest BCUT2D eigenvalue weighted by Gasteiger charge is 2.22. The number of rotatable bonds is 3. The molecule has 0 bridgehead atoms. The number of pyridine rings is 2. The Kier molecular flexibility index (Phi) is 3.15. The van der Waals surface area contributed by atoms with E-state index >= 15 is 0 Å². The largest absolute Gasteiger partial charge is 0.300 e. The van der Waals surface area contributed by atoms with Crippen LogP contribution in [0.2, 0.25) is 0 Å². The van der Waals surface area contributed by atoms with Crippen LogP contribution < -0.4 is 16.0 Å². The third kappa shape index (κ3) is 2.49. The van der Waals surface area contributed by atoms with E-state index in [1.165, 1.54) is 0 Å². The Morgan fingerprint density at radius 1 is 1.20 bits per heavy atom. The molecule has 124 valence electrons. The van der Waals surface area contributed by atoms with E-state index in [9.17, 15) is 0 Å². The maximum atomic E-state index is 4.78. The van der Waals surface area contributed by atoms with Gasteiger partial charge in [-0.1, -0.05) is 11.3 Å². The monoisotopic (exact) mass is 350 g/mol. The van der Waals surface area contributed by atoms with Gasteiger partial charge in [-0.25, -0.2) is 15.0 Å². The second-order valence-electron chi connectivity index (χ2n) is 5.73. The molecule has 0 amide bonds. The van der Waals surface area contributed by atoms with Crippen LogP contribution in [-0.2, 0) is 13.6 Å². The van der Waals surface area contributed by atoms with Crippen molar-refractivity contribution in [3.05, 3.63) is 47.9 Å². The summed E-state index contributed by atoms with van der Waals surface area (Å²) in [5.41, 5.74) is 10.0. The zero-order valence-electron chi connectivity index (χ0n) is 13.3. The molecule has 0 spiro atoms. The molecular weight excluding hydrogens is 336 g/mol. The number of aromatic nitrogens is 5. The van der Waals surface area contributed by atoms with Crippen LogP contribution in [0.3, 0.4) is 0 Å². The summed E-state index contributed by atoms with van der Waals surface area (Å²) < 4.78 is 1.77. The van der Waals surface area contributed by atoms with Crippen LogP contribution in [0, 0.1) is 0 Å². The highest BCUT2D eigenvalue weighted by atomic mass is 32.1. The van der Waals surface area contributed by atoms with Crippen molar-refractivity contribution in [2.45, 2.75) is 6.54 Å². The fraction of sp³-hybridized carbons (Fsp3) is 0.125. The first-order chi connectivity index (χ1) is 12.3. The van der Waals surface area contributed by atoms with E-state index in [1.807, 2.05) is 48.7 Å². The maximum Gasteiger partial charge on any atom is 0.170 e. The topological polar surface area (TPSA) is 83.8 Å². The van der Waals surface area contributed by atoms with Crippen molar-refractivity contribution in [2.24, 2.45) is 7.05 Å². The Morgan fingerprint density at radius 3 is 3.00 bits per heavy atom. The molecule has 0 radical (unpaired) electrons. The summed E-state index contributed by atoms with van der Waals surface area (Å²) >= 11 is 1.59. The molecule has 25 heavy (non-hydrogen) atoms. The molecule has 0 aromatic carbocycles. The van der Waals surface area contributed by atoms with Gasteiger partial charge in [0.2, 0.25) is 0 Å². The summed E-state index contributed by atoms with van der Waals surface area (Å²) in [6, 6.07) is 7.87. The smallest absolute Gasteiger partial charge is 0.170 e. The lowest BCUT2D eigenvalue weighted by Crippen LogP contribution is -2.35. The van der Waals surface area contributed by atoms with Gasteiger partial charge in [-0.2, -0.15) is 5.10 Å². The quantitative estimate of drug-likeness (QED) is 0.587. The fourth-order valence-electron chi connectivity index (χ4n) is 2.78. The van der Waals surface area contributed by atoms with E-state index in [0.717, 1.165) is 38.1 Å². The molecule has 4 aromatic heterocycles. The number of nitrogens with one attached hydrogen (secondary N) is 2. The van der Waals surface area contributed by atoms with Crippen molar-refractivity contribution >= 4 is 33.2 Å². The third-order valence-electron chi connectivity index (χ3n) is 3.96.